The number of hydrogen-bond donors (Lipinski definition) is 1. The number of ether oxygens (including phenoxy) is 2. The molecule has 1 aliphatic rings. The summed E-state index contributed by atoms with van der Waals surface area (Å²) in [5.41, 5.74) is 0.622. The van der Waals surface area contributed by atoms with Crippen LogP contribution in [0.5, 0.6) is 0 Å². The van der Waals surface area contributed by atoms with Gasteiger partial charge in [-0.3, -0.25) is 14.8 Å². The molecule has 24 heavy (non-hydrogen) atoms. The van der Waals surface area contributed by atoms with Crippen LogP contribution in [-0.2, 0) is 28.7 Å². The number of anilines is 1. The molecule has 0 aromatic heterocycles. The molecular weight excluding hydrogens is 320 g/mol. The molecule has 2 atom stereocenters. The van der Waals surface area contributed by atoms with Gasteiger partial charge >= 0.3 is 17.7 Å². The molecule has 9 nitrogen and oxygen atoms in total. The van der Waals surface area contributed by atoms with Gasteiger partial charge in [0, 0.05) is 12.6 Å². The van der Waals surface area contributed by atoms with E-state index in [-0.39, 0.29) is 16.5 Å². The molecule has 0 saturated carbocycles. The quantitative estimate of drug-likeness (QED) is 0.622. The highest BCUT2D eigenvalue weighted by Crippen LogP contribution is 2.31. The van der Waals surface area contributed by atoms with Gasteiger partial charge in [0.25, 0.3) is 0 Å². The summed E-state index contributed by atoms with van der Waals surface area (Å²) in [5.74, 6) is -2.95. The third kappa shape index (κ3) is 3.29. The first-order valence-electron chi connectivity index (χ1n) is 6.93. The summed E-state index contributed by atoms with van der Waals surface area (Å²) in [5, 5.41) is 14.5. The minimum Gasteiger partial charge on any atom is -0.468 e. The molecule has 1 heterocycles. The number of carbonyl (C=O) groups is 3. The van der Waals surface area contributed by atoms with Gasteiger partial charge in [-0.15, -0.1) is 0 Å². The number of methoxy groups -OCH3 is 2. The summed E-state index contributed by atoms with van der Waals surface area (Å²) >= 11 is 0. The van der Waals surface area contributed by atoms with Gasteiger partial charge in [0.1, 0.15) is 5.92 Å². The molecule has 1 amide bonds. The standard InChI is InChI=1S/C15H16N2O7/c1-8(18)16-10-6-4-9(5-7-10)11-12(14(19)22-2)17(21)24-13(11)15(20)23-3/h4-7,11,13H,1-3H3,(H,16,18)/t11-,13-/m1/s1. The molecule has 1 aromatic carbocycles. The summed E-state index contributed by atoms with van der Waals surface area (Å²) in [6, 6.07) is 6.29. The topological polar surface area (TPSA) is 117 Å². The number of esters is 2. The number of nitrogens with one attached hydrogen (secondary N) is 1. The Morgan fingerprint density at radius 3 is 2.29 bits per heavy atom. The van der Waals surface area contributed by atoms with E-state index in [0.29, 0.717) is 11.3 Å². The maximum absolute atomic E-state index is 11.9. The second-order valence-electron chi connectivity index (χ2n) is 4.96. The lowest BCUT2D eigenvalue weighted by atomic mass is 9.89. The second-order valence-corrected chi connectivity index (χ2v) is 4.96. The van der Waals surface area contributed by atoms with Crippen molar-refractivity contribution in [1.29, 1.82) is 0 Å². The first-order chi connectivity index (χ1) is 11.4. The van der Waals surface area contributed by atoms with Crippen LogP contribution >= 0.6 is 0 Å². The predicted octanol–water partition coefficient (Wildman–Crippen LogP) is 0.340. The highest BCUT2D eigenvalue weighted by molar-refractivity contribution is 6.37. The number of amides is 1. The zero-order valence-electron chi connectivity index (χ0n) is 13.3. The van der Waals surface area contributed by atoms with E-state index in [0.717, 1.165) is 14.2 Å². The molecular formula is C15H16N2O7. The van der Waals surface area contributed by atoms with Crippen molar-refractivity contribution in [2.45, 2.75) is 18.9 Å². The minimum atomic E-state index is -1.31. The summed E-state index contributed by atoms with van der Waals surface area (Å²) in [6.07, 6.45) is -1.31. The summed E-state index contributed by atoms with van der Waals surface area (Å²) in [6.45, 7) is 1.37. The Balaban J connectivity index is 2.41. The van der Waals surface area contributed by atoms with Crippen LogP contribution in [0.1, 0.15) is 18.4 Å². The fourth-order valence-electron chi connectivity index (χ4n) is 2.39. The lowest BCUT2D eigenvalue weighted by molar-refractivity contribution is -0.736. The van der Waals surface area contributed by atoms with Crippen LogP contribution in [0.3, 0.4) is 0 Å². The largest absolute Gasteiger partial charge is 0.468 e. The molecule has 1 aliphatic heterocycles. The Bertz CT molecular complexity index is 696. The molecule has 1 N–H and O–H groups in total. The van der Waals surface area contributed by atoms with E-state index in [9.17, 15) is 19.6 Å². The van der Waals surface area contributed by atoms with Gasteiger partial charge in [-0.25, -0.2) is 4.79 Å². The molecule has 0 saturated heterocycles. The summed E-state index contributed by atoms with van der Waals surface area (Å²) < 4.78 is 9.21. The number of hydrogen-bond acceptors (Lipinski definition) is 7. The van der Waals surface area contributed by atoms with Crippen molar-refractivity contribution in [3.05, 3.63) is 35.0 Å². The van der Waals surface area contributed by atoms with E-state index in [1.165, 1.54) is 6.92 Å². The molecule has 128 valence electrons. The zero-order chi connectivity index (χ0) is 17.9. The Morgan fingerprint density at radius 1 is 1.17 bits per heavy atom. The predicted molar refractivity (Wildman–Crippen MR) is 81.0 cm³/mol. The van der Waals surface area contributed by atoms with Gasteiger partial charge in [0.2, 0.25) is 5.91 Å². The summed E-state index contributed by atoms with van der Waals surface area (Å²) in [4.78, 5) is 39.7. The van der Waals surface area contributed by atoms with Crippen molar-refractivity contribution >= 4 is 29.2 Å². The van der Waals surface area contributed by atoms with E-state index >= 15 is 0 Å². The Kier molecular flexibility index (Phi) is 5.02. The van der Waals surface area contributed by atoms with Crippen molar-refractivity contribution in [3.63, 3.8) is 0 Å². The molecule has 0 aliphatic carbocycles. The fraction of sp³-hybridized carbons (Fsp3) is 0.333. The lowest BCUT2D eigenvalue weighted by Crippen LogP contribution is -2.33. The number of nitrogens with zero attached hydrogens (tertiary/aromatic N) is 1. The van der Waals surface area contributed by atoms with Crippen LogP contribution < -0.4 is 5.32 Å². The smallest absolute Gasteiger partial charge is 0.405 e. The average Bonchev–Trinajstić information content (AvgIpc) is 2.91. The Labute approximate surface area is 137 Å². The van der Waals surface area contributed by atoms with Gasteiger partial charge in [-0.2, -0.15) is 0 Å². The maximum atomic E-state index is 11.9. The number of benzene rings is 1. The van der Waals surface area contributed by atoms with Gasteiger partial charge in [-0.05, 0) is 17.7 Å². The monoisotopic (exact) mass is 336 g/mol. The van der Waals surface area contributed by atoms with E-state index < -0.39 is 24.0 Å². The first-order valence-corrected chi connectivity index (χ1v) is 6.93. The molecule has 1 aromatic rings. The highest BCUT2D eigenvalue weighted by Gasteiger charge is 2.50. The zero-order valence-corrected chi connectivity index (χ0v) is 13.3. The van der Waals surface area contributed by atoms with E-state index in [2.05, 4.69) is 14.8 Å². The molecule has 0 fully saturated rings. The fourth-order valence-corrected chi connectivity index (χ4v) is 2.39. The van der Waals surface area contributed by atoms with Crippen LogP contribution in [0.2, 0.25) is 0 Å². The van der Waals surface area contributed by atoms with Crippen LogP contribution in [0.15, 0.2) is 24.3 Å². The average molecular weight is 336 g/mol. The molecule has 0 radical (unpaired) electrons. The van der Waals surface area contributed by atoms with E-state index in [1.807, 2.05) is 0 Å². The lowest BCUT2D eigenvalue weighted by Gasteiger charge is -2.17. The minimum absolute atomic E-state index is 0.0280. The van der Waals surface area contributed by atoms with Gasteiger partial charge in [0.15, 0.2) is 6.10 Å². The van der Waals surface area contributed by atoms with Crippen LogP contribution in [0.25, 0.3) is 0 Å². The first kappa shape index (κ1) is 17.3. The molecule has 0 unspecified atom stereocenters. The SMILES string of the molecule is COC(=O)C1=[N+]([O-])O[C@@H](C(=O)OC)[C@@H]1c1ccc(NC(C)=O)cc1. The molecule has 9 heteroatoms. The second kappa shape index (κ2) is 6.99. The van der Waals surface area contributed by atoms with E-state index in [1.54, 1.807) is 24.3 Å². The van der Waals surface area contributed by atoms with Crippen molar-refractivity contribution in [1.82, 2.24) is 0 Å². The van der Waals surface area contributed by atoms with Crippen LogP contribution in [-0.4, -0.2) is 48.8 Å². The third-order valence-corrected chi connectivity index (χ3v) is 3.42. The molecule has 2 rings (SSSR count). The van der Waals surface area contributed by atoms with Crippen molar-refractivity contribution in [2.24, 2.45) is 0 Å². The van der Waals surface area contributed by atoms with Gasteiger partial charge in [-0.1, -0.05) is 12.1 Å². The Morgan fingerprint density at radius 2 is 1.79 bits per heavy atom. The summed E-state index contributed by atoms with van der Waals surface area (Å²) in [7, 11) is 2.26. The maximum Gasteiger partial charge on any atom is 0.405 e. The molecule has 0 bridgehead atoms. The molecule has 0 spiro atoms. The van der Waals surface area contributed by atoms with Crippen molar-refractivity contribution < 1.29 is 33.6 Å². The van der Waals surface area contributed by atoms with Crippen molar-refractivity contribution in [2.75, 3.05) is 19.5 Å². The van der Waals surface area contributed by atoms with E-state index in [4.69, 9.17) is 4.84 Å². The normalized spacial score (nSPS) is 19.5. The van der Waals surface area contributed by atoms with Crippen molar-refractivity contribution in [3.8, 4) is 0 Å². The highest BCUT2D eigenvalue weighted by atomic mass is 16.9. The van der Waals surface area contributed by atoms with Gasteiger partial charge in [0.05, 0.1) is 19.1 Å². The van der Waals surface area contributed by atoms with Gasteiger partial charge < -0.3 is 19.6 Å². The number of carbonyl (C=O) groups excluding carboxylic acids is 3. The third-order valence-electron chi connectivity index (χ3n) is 3.42. The number of rotatable bonds is 4. The Hall–Kier alpha value is -3.10. The van der Waals surface area contributed by atoms with Crippen LogP contribution in [0.4, 0.5) is 5.69 Å². The van der Waals surface area contributed by atoms with Crippen LogP contribution in [0, 0.1) is 5.21 Å².